The van der Waals surface area contributed by atoms with Crippen LogP contribution in [-0.2, 0) is 10.1 Å². The topological polar surface area (TPSA) is 141 Å². The van der Waals surface area contributed by atoms with Gasteiger partial charge in [-0.05, 0) is 48.7 Å². The molecule has 0 aromatic heterocycles. The van der Waals surface area contributed by atoms with Gasteiger partial charge < -0.3 is 21.1 Å². The van der Waals surface area contributed by atoms with Gasteiger partial charge in [0.05, 0.1) is 4.90 Å². The maximum Gasteiger partial charge on any atom is 0.294 e. The molecule has 3 rings (SSSR count). The summed E-state index contributed by atoms with van der Waals surface area (Å²) in [4.78, 5) is -0.358. The monoisotopic (exact) mass is 363 g/mol. The molecule has 8 heteroatoms. The average Bonchev–Trinajstić information content (AvgIpc) is 2.52. The first-order valence-electron chi connectivity index (χ1n) is 7.07. The first-order valence-corrected chi connectivity index (χ1v) is 8.51. The minimum Gasteiger partial charge on any atom is -0.508 e. The van der Waals surface area contributed by atoms with Crippen molar-refractivity contribution in [1.82, 2.24) is 0 Å². The fourth-order valence-electron chi connectivity index (χ4n) is 2.10. The Morgan fingerprint density at radius 2 is 1.48 bits per heavy atom. The lowest BCUT2D eigenvalue weighted by Crippen LogP contribution is -1.97. The lowest BCUT2D eigenvalue weighted by Gasteiger charge is -2.04. The van der Waals surface area contributed by atoms with Crippen LogP contribution >= 0.6 is 0 Å². The molecule has 0 saturated heterocycles. The first kappa shape index (κ1) is 18.4. The second-order valence-corrected chi connectivity index (χ2v) is 6.74. The van der Waals surface area contributed by atoms with Crippen molar-refractivity contribution in [2.45, 2.75) is 11.8 Å². The van der Waals surface area contributed by atoms with Gasteiger partial charge in [0.15, 0.2) is 0 Å². The van der Waals surface area contributed by atoms with E-state index in [9.17, 15) is 13.5 Å². The third kappa shape index (κ3) is 4.31. The molecule has 0 bridgehead atoms. The highest BCUT2D eigenvalue weighted by molar-refractivity contribution is 7.85. The molecule has 0 aliphatic carbocycles. The Kier molecular flexibility index (Phi) is 5.05. The van der Waals surface area contributed by atoms with Crippen molar-refractivity contribution in [3.8, 4) is 17.2 Å². The van der Waals surface area contributed by atoms with Gasteiger partial charge in [-0.15, -0.1) is 0 Å². The normalized spacial score (nSPS) is 11.0. The number of hydrogen-bond acceptors (Lipinski definition) is 6. The van der Waals surface area contributed by atoms with Gasteiger partial charge in [-0.25, -0.2) is 0 Å². The number of nitrogens with two attached hydrogens (primary N) is 1. The molecular weight excluding hydrogens is 346 g/mol. The highest BCUT2D eigenvalue weighted by Gasteiger charge is 2.13. The molecule has 0 unspecified atom stereocenters. The summed E-state index contributed by atoms with van der Waals surface area (Å²) >= 11 is 0. The summed E-state index contributed by atoms with van der Waals surface area (Å²) in [6, 6.07) is 11.6. The summed E-state index contributed by atoms with van der Waals surface area (Å²) in [5.74, 6) is 0.0510. The number of benzene rings is 3. The summed E-state index contributed by atoms with van der Waals surface area (Å²) in [7, 11) is -4.33. The SMILES string of the molecule is Cc1c(O)cccc1O.Nc1ccc2c(O)cc(S(=O)(=O)O)cc2c1. The Morgan fingerprint density at radius 1 is 0.880 bits per heavy atom. The van der Waals surface area contributed by atoms with E-state index in [1.54, 1.807) is 25.1 Å². The summed E-state index contributed by atoms with van der Waals surface area (Å²) in [5, 5.41) is 28.4. The lowest BCUT2D eigenvalue weighted by molar-refractivity contribution is 0.443. The van der Waals surface area contributed by atoms with Crippen molar-refractivity contribution in [1.29, 1.82) is 0 Å². The van der Waals surface area contributed by atoms with E-state index < -0.39 is 10.1 Å². The van der Waals surface area contributed by atoms with E-state index in [4.69, 9.17) is 20.5 Å². The van der Waals surface area contributed by atoms with Crippen molar-refractivity contribution >= 4 is 26.6 Å². The minimum absolute atomic E-state index is 0.134. The highest BCUT2D eigenvalue weighted by atomic mass is 32.2. The molecule has 25 heavy (non-hydrogen) atoms. The van der Waals surface area contributed by atoms with Gasteiger partial charge in [0.1, 0.15) is 17.2 Å². The van der Waals surface area contributed by atoms with E-state index in [2.05, 4.69) is 0 Å². The number of aromatic hydroxyl groups is 3. The van der Waals surface area contributed by atoms with Crippen LogP contribution in [0.5, 0.6) is 17.2 Å². The van der Waals surface area contributed by atoms with Crippen LogP contribution in [0.4, 0.5) is 5.69 Å². The molecule has 7 nitrogen and oxygen atoms in total. The molecule has 0 fully saturated rings. The predicted octanol–water partition coefficient (Wildman–Crippen LogP) is 2.78. The van der Waals surface area contributed by atoms with Gasteiger partial charge in [-0.3, -0.25) is 4.55 Å². The zero-order valence-electron chi connectivity index (χ0n) is 13.2. The largest absolute Gasteiger partial charge is 0.508 e. The van der Waals surface area contributed by atoms with E-state index >= 15 is 0 Å². The third-order valence-corrected chi connectivity index (χ3v) is 4.33. The second kappa shape index (κ2) is 6.88. The van der Waals surface area contributed by atoms with E-state index in [0.29, 0.717) is 22.0 Å². The van der Waals surface area contributed by atoms with Crippen molar-refractivity contribution < 1.29 is 28.3 Å². The summed E-state index contributed by atoms with van der Waals surface area (Å²) in [6.07, 6.45) is 0. The van der Waals surface area contributed by atoms with Crippen molar-refractivity contribution in [3.05, 3.63) is 54.1 Å². The maximum atomic E-state index is 10.9. The molecule has 3 aromatic rings. The van der Waals surface area contributed by atoms with Gasteiger partial charge in [-0.1, -0.05) is 6.07 Å². The Hall–Kier alpha value is -2.97. The number of rotatable bonds is 1. The number of phenolic OH excluding ortho intramolecular Hbond substituents is 3. The smallest absolute Gasteiger partial charge is 0.294 e. The van der Waals surface area contributed by atoms with Gasteiger partial charge in [0.25, 0.3) is 10.1 Å². The van der Waals surface area contributed by atoms with Crippen LogP contribution in [-0.4, -0.2) is 28.3 Å². The number of nitrogen functional groups attached to an aromatic ring is 1. The summed E-state index contributed by atoms with van der Waals surface area (Å²) < 4.78 is 30.7. The van der Waals surface area contributed by atoms with Crippen LogP contribution in [0.2, 0.25) is 0 Å². The molecular formula is C17H17NO6S. The molecule has 0 aliphatic rings. The number of anilines is 1. The Morgan fingerprint density at radius 3 is 2.00 bits per heavy atom. The first-order chi connectivity index (χ1) is 11.6. The summed E-state index contributed by atoms with van der Waals surface area (Å²) in [6.45, 7) is 1.66. The number of hydrogen-bond donors (Lipinski definition) is 5. The Balaban J connectivity index is 0.000000212. The number of fused-ring (bicyclic) bond motifs is 1. The predicted molar refractivity (Wildman–Crippen MR) is 94.3 cm³/mol. The van der Waals surface area contributed by atoms with Crippen LogP contribution in [0.15, 0.2) is 53.4 Å². The molecule has 0 aliphatic heterocycles. The van der Waals surface area contributed by atoms with Crippen molar-refractivity contribution in [2.75, 3.05) is 5.73 Å². The molecule has 0 radical (unpaired) electrons. The second-order valence-electron chi connectivity index (χ2n) is 5.32. The van der Waals surface area contributed by atoms with E-state index in [-0.39, 0.29) is 22.1 Å². The van der Waals surface area contributed by atoms with Crippen molar-refractivity contribution in [2.24, 2.45) is 0 Å². The standard InChI is InChI=1S/C10H9NO4S.C7H8O2/c11-7-1-2-9-6(3-7)4-8(5-10(9)12)16(13,14)15;1-5-6(8)3-2-4-7(5)9/h1-5,12H,11H2,(H,13,14,15);2-4,8-9H,1H3. The molecule has 0 spiro atoms. The molecule has 0 atom stereocenters. The molecule has 0 amide bonds. The van der Waals surface area contributed by atoms with Gasteiger partial charge in [0.2, 0.25) is 0 Å². The van der Waals surface area contributed by atoms with Crippen LogP contribution in [0.1, 0.15) is 5.56 Å². The quantitative estimate of drug-likeness (QED) is 0.330. The van der Waals surface area contributed by atoms with E-state index in [1.165, 1.54) is 24.3 Å². The van der Waals surface area contributed by atoms with Crippen LogP contribution in [0, 0.1) is 6.92 Å². The number of phenols is 3. The van der Waals surface area contributed by atoms with E-state index in [0.717, 1.165) is 6.07 Å². The zero-order valence-corrected chi connectivity index (χ0v) is 14.0. The van der Waals surface area contributed by atoms with Gasteiger partial charge in [-0.2, -0.15) is 8.42 Å². The highest BCUT2D eigenvalue weighted by Crippen LogP contribution is 2.29. The van der Waals surface area contributed by atoms with E-state index in [1.807, 2.05) is 0 Å². The lowest BCUT2D eigenvalue weighted by atomic mass is 10.1. The van der Waals surface area contributed by atoms with Crippen LogP contribution < -0.4 is 5.73 Å². The molecule has 0 heterocycles. The van der Waals surface area contributed by atoms with Gasteiger partial charge in [0, 0.05) is 22.7 Å². The summed E-state index contributed by atoms with van der Waals surface area (Å²) in [5.41, 5.74) is 6.51. The minimum atomic E-state index is -4.33. The molecule has 6 N–H and O–H groups in total. The van der Waals surface area contributed by atoms with Gasteiger partial charge >= 0.3 is 0 Å². The Bertz CT molecular complexity index is 1010. The fraction of sp³-hybridized carbons (Fsp3) is 0.0588. The van der Waals surface area contributed by atoms with Crippen LogP contribution in [0.25, 0.3) is 10.8 Å². The van der Waals surface area contributed by atoms with Crippen molar-refractivity contribution in [3.63, 3.8) is 0 Å². The van der Waals surface area contributed by atoms with Crippen LogP contribution in [0.3, 0.4) is 0 Å². The molecule has 132 valence electrons. The Labute approximate surface area is 144 Å². The average molecular weight is 363 g/mol. The third-order valence-electron chi connectivity index (χ3n) is 3.50. The fourth-order valence-corrected chi connectivity index (χ4v) is 2.64. The maximum absolute atomic E-state index is 10.9. The zero-order chi connectivity index (χ0) is 18.8. The molecule has 0 saturated carbocycles. The molecule has 3 aromatic carbocycles.